The Morgan fingerprint density at radius 3 is 2.95 bits per heavy atom. The fourth-order valence-corrected chi connectivity index (χ4v) is 3.14. The van der Waals surface area contributed by atoms with Crippen molar-refractivity contribution in [3.63, 3.8) is 0 Å². The largest absolute Gasteiger partial charge is 0.470 e. The first-order chi connectivity index (χ1) is 9.24. The maximum Gasteiger partial charge on any atom is 0.257 e. The molecule has 0 saturated carbocycles. The van der Waals surface area contributed by atoms with E-state index in [-0.39, 0.29) is 12.1 Å². The summed E-state index contributed by atoms with van der Waals surface area (Å²) < 4.78 is 5.81. The number of nitrogens with one attached hydrogen (secondary N) is 1. The van der Waals surface area contributed by atoms with Gasteiger partial charge in [0.15, 0.2) is 6.23 Å². The molecule has 98 valence electrons. The molecule has 1 aliphatic heterocycles. The number of aryl methyl sites for hydroxylation is 2. The number of benzene rings is 1. The number of carbonyl (C=O) groups is 1. The lowest BCUT2D eigenvalue weighted by atomic mass is 10.1. The molecule has 1 N–H and O–H groups in total. The van der Waals surface area contributed by atoms with Crippen LogP contribution in [-0.4, -0.2) is 12.1 Å². The highest BCUT2D eigenvalue weighted by Crippen LogP contribution is 2.25. The summed E-state index contributed by atoms with van der Waals surface area (Å²) in [6, 6.07) is 9.48. The first-order valence-corrected chi connectivity index (χ1v) is 7.21. The van der Waals surface area contributed by atoms with Crippen LogP contribution in [0.1, 0.15) is 27.2 Å². The molecular formula is C15H15NO2S. The molecule has 4 heteroatoms. The molecule has 0 aliphatic carbocycles. The van der Waals surface area contributed by atoms with Gasteiger partial charge in [-0.05, 0) is 42.5 Å². The number of amides is 1. The highest BCUT2D eigenvalue weighted by atomic mass is 32.1. The van der Waals surface area contributed by atoms with E-state index in [1.54, 1.807) is 17.4 Å². The van der Waals surface area contributed by atoms with Gasteiger partial charge in [-0.15, -0.1) is 11.3 Å². The summed E-state index contributed by atoms with van der Waals surface area (Å²) in [5.41, 5.74) is 1.93. The minimum atomic E-state index is -0.233. The van der Waals surface area contributed by atoms with Crippen molar-refractivity contribution in [3.05, 3.63) is 51.7 Å². The third kappa shape index (κ3) is 2.49. The molecule has 1 atom stereocenters. The first kappa shape index (κ1) is 12.2. The van der Waals surface area contributed by atoms with Crippen molar-refractivity contribution in [2.75, 3.05) is 0 Å². The van der Waals surface area contributed by atoms with E-state index in [9.17, 15) is 4.79 Å². The summed E-state index contributed by atoms with van der Waals surface area (Å²) >= 11 is 1.76. The highest BCUT2D eigenvalue weighted by Gasteiger charge is 2.24. The van der Waals surface area contributed by atoms with Crippen LogP contribution in [0.5, 0.6) is 5.75 Å². The smallest absolute Gasteiger partial charge is 0.257 e. The summed E-state index contributed by atoms with van der Waals surface area (Å²) in [7, 11) is 0. The van der Waals surface area contributed by atoms with E-state index < -0.39 is 0 Å². The van der Waals surface area contributed by atoms with E-state index in [0.717, 1.165) is 12.8 Å². The summed E-state index contributed by atoms with van der Waals surface area (Å²) in [4.78, 5) is 13.3. The predicted octanol–water partition coefficient (Wildman–Crippen LogP) is 3.14. The fraction of sp³-hybridized carbons (Fsp3) is 0.267. The topological polar surface area (TPSA) is 38.3 Å². The van der Waals surface area contributed by atoms with E-state index >= 15 is 0 Å². The Morgan fingerprint density at radius 1 is 1.32 bits per heavy atom. The van der Waals surface area contributed by atoms with Crippen LogP contribution in [0.15, 0.2) is 35.7 Å². The van der Waals surface area contributed by atoms with Gasteiger partial charge < -0.3 is 10.1 Å². The first-order valence-electron chi connectivity index (χ1n) is 6.33. The number of carbonyl (C=O) groups excluding carboxylic acids is 1. The molecule has 1 amide bonds. The number of hydrogen-bond acceptors (Lipinski definition) is 3. The SMILES string of the molecule is Cc1ccsc1CCC1NC(=O)c2ccccc2O1. The molecule has 1 aromatic heterocycles. The molecule has 19 heavy (non-hydrogen) atoms. The van der Waals surface area contributed by atoms with Gasteiger partial charge in [-0.3, -0.25) is 4.79 Å². The lowest BCUT2D eigenvalue weighted by Crippen LogP contribution is -2.43. The Labute approximate surface area is 116 Å². The molecule has 3 rings (SSSR count). The number of ether oxygens (including phenoxy) is 1. The minimum Gasteiger partial charge on any atom is -0.470 e. The molecular weight excluding hydrogens is 258 g/mol. The zero-order valence-electron chi connectivity index (χ0n) is 10.7. The van der Waals surface area contributed by atoms with Gasteiger partial charge in [0.1, 0.15) is 5.75 Å². The molecule has 2 heterocycles. The second-order valence-electron chi connectivity index (χ2n) is 4.64. The van der Waals surface area contributed by atoms with Crippen molar-refractivity contribution >= 4 is 17.2 Å². The van der Waals surface area contributed by atoms with Gasteiger partial charge in [0, 0.05) is 11.3 Å². The normalized spacial score (nSPS) is 17.5. The molecule has 0 radical (unpaired) electrons. The van der Waals surface area contributed by atoms with Crippen molar-refractivity contribution < 1.29 is 9.53 Å². The van der Waals surface area contributed by atoms with Crippen LogP contribution in [-0.2, 0) is 6.42 Å². The van der Waals surface area contributed by atoms with Crippen LogP contribution in [0.2, 0.25) is 0 Å². The maximum absolute atomic E-state index is 11.9. The van der Waals surface area contributed by atoms with E-state index in [1.165, 1.54) is 10.4 Å². The zero-order valence-corrected chi connectivity index (χ0v) is 11.5. The standard InChI is InChI=1S/C15H15NO2S/c1-10-8-9-19-13(10)6-7-14-16-15(17)11-4-2-3-5-12(11)18-14/h2-5,8-9,14H,6-7H2,1H3,(H,16,17). The number of thiophene rings is 1. The Bertz CT molecular complexity index is 606. The van der Waals surface area contributed by atoms with Crippen molar-refractivity contribution in [2.24, 2.45) is 0 Å². The van der Waals surface area contributed by atoms with Gasteiger partial charge in [-0.25, -0.2) is 0 Å². The van der Waals surface area contributed by atoms with Crippen molar-refractivity contribution in [1.29, 1.82) is 0 Å². The summed E-state index contributed by atoms with van der Waals surface area (Å²) in [6.45, 7) is 2.11. The average Bonchev–Trinajstić information content (AvgIpc) is 2.82. The van der Waals surface area contributed by atoms with E-state index in [0.29, 0.717) is 11.3 Å². The molecule has 0 bridgehead atoms. The molecule has 2 aromatic rings. The number of rotatable bonds is 3. The summed E-state index contributed by atoms with van der Waals surface area (Å²) in [5.74, 6) is 0.633. The maximum atomic E-state index is 11.9. The lowest BCUT2D eigenvalue weighted by molar-refractivity contribution is 0.0741. The van der Waals surface area contributed by atoms with E-state index in [4.69, 9.17) is 4.74 Å². The van der Waals surface area contributed by atoms with Gasteiger partial charge in [-0.2, -0.15) is 0 Å². The van der Waals surface area contributed by atoms with Crippen LogP contribution in [0.3, 0.4) is 0 Å². The predicted molar refractivity (Wildman–Crippen MR) is 75.7 cm³/mol. The van der Waals surface area contributed by atoms with Gasteiger partial charge in [0.05, 0.1) is 5.56 Å². The Morgan fingerprint density at radius 2 is 2.16 bits per heavy atom. The Kier molecular flexibility index (Phi) is 3.25. The number of fused-ring (bicyclic) bond motifs is 1. The fourth-order valence-electron chi connectivity index (χ4n) is 2.22. The zero-order chi connectivity index (χ0) is 13.2. The van der Waals surface area contributed by atoms with Crippen molar-refractivity contribution in [1.82, 2.24) is 5.32 Å². The van der Waals surface area contributed by atoms with Crippen LogP contribution in [0.25, 0.3) is 0 Å². The third-order valence-corrected chi connectivity index (χ3v) is 4.38. The van der Waals surface area contributed by atoms with Gasteiger partial charge in [0.2, 0.25) is 0 Å². The monoisotopic (exact) mass is 273 g/mol. The molecule has 1 aromatic carbocycles. The van der Waals surface area contributed by atoms with Gasteiger partial charge >= 0.3 is 0 Å². The molecule has 0 spiro atoms. The lowest BCUT2D eigenvalue weighted by Gasteiger charge is -2.26. The van der Waals surface area contributed by atoms with Gasteiger partial charge in [0.25, 0.3) is 5.91 Å². The highest BCUT2D eigenvalue weighted by molar-refractivity contribution is 7.10. The van der Waals surface area contributed by atoms with Crippen molar-refractivity contribution in [3.8, 4) is 5.75 Å². The van der Waals surface area contributed by atoms with Crippen LogP contribution in [0.4, 0.5) is 0 Å². The molecule has 0 fully saturated rings. The van der Waals surface area contributed by atoms with Crippen LogP contribution in [0, 0.1) is 6.92 Å². The summed E-state index contributed by atoms with van der Waals surface area (Å²) in [5, 5.41) is 5.00. The second kappa shape index (κ2) is 5.05. The molecule has 3 nitrogen and oxygen atoms in total. The number of hydrogen-bond donors (Lipinski definition) is 1. The summed E-state index contributed by atoms with van der Waals surface area (Å²) in [6.07, 6.45) is 1.49. The quantitative estimate of drug-likeness (QED) is 0.933. The molecule has 1 unspecified atom stereocenters. The van der Waals surface area contributed by atoms with Crippen LogP contribution < -0.4 is 10.1 Å². The Hall–Kier alpha value is -1.81. The average molecular weight is 273 g/mol. The van der Waals surface area contributed by atoms with Crippen LogP contribution >= 0.6 is 11.3 Å². The molecule has 1 aliphatic rings. The number of para-hydroxylation sites is 1. The second-order valence-corrected chi connectivity index (χ2v) is 5.64. The molecule has 0 saturated heterocycles. The van der Waals surface area contributed by atoms with E-state index in [1.807, 2.05) is 18.2 Å². The Balaban J connectivity index is 1.69. The van der Waals surface area contributed by atoms with Gasteiger partial charge in [-0.1, -0.05) is 12.1 Å². The van der Waals surface area contributed by atoms with E-state index in [2.05, 4.69) is 23.7 Å². The van der Waals surface area contributed by atoms with Crippen molar-refractivity contribution in [2.45, 2.75) is 26.0 Å². The minimum absolute atomic E-state index is 0.0465. The third-order valence-electron chi connectivity index (χ3n) is 3.29.